The van der Waals surface area contributed by atoms with Crippen LogP contribution < -0.4 is 19.8 Å². The van der Waals surface area contributed by atoms with E-state index < -0.39 is 0 Å². The van der Waals surface area contributed by atoms with Gasteiger partial charge >= 0.3 is 0 Å². The first kappa shape index (κ1) is 19.3. The number of ether oxygens (including phenoxy) is 3. The molecule has 0 atom stereocenters. The quantitative estimate of drug-likeness (QED) is 0.662. The highest BCUT2D eigenvalue weighted by molar-refractivity contribution is 5.82. The third-order valence-electron chi connectivity index (χ3n) is 4.98. The molecule has 0 bridgehead atoms. The Morgan fingerprint density at radius 3 is 2.59 bits per heavy atom. The molecule has 2 N–H and O–H groups in total. The van der Waals surface area contributed by atoms with Crippen molar-refractivity contribution in [3.63, 3.8) is 0 Å². The number of quaternary nitrogens is 1. The predicted octanol–water partition coefficient (Wildman–Crippen LogP) is 2.10. The molecule has 3 aromatic rings. The van der Waals surface area contributed by atoms with Gasteiger partial charge in [0.1, 0.15) is 31.6 Å². The highest BCUT2D eigenvalue weighted by atomic mass is 16.5. The number of para-hydroxylation sites is 2. The molecule has 1 aromatic heterocycles. The maximum absolute atomic E-state index is 13.0. The second-order valence-corrected chi connectivity index (χ2v) is 6.89. The summed E-state index contributed by atoms with van der Waals surface area (Å²) in [6.45, 7) is 5.97. The van der Waals surface area contributed by atoms with Crippen LogP contribution in [0, 0.1) is 0 Å². The number of nitrogens with one attached hydrogen (secondary N) is 1. The van der Waals surface area contributed by atoms with Crippen LogP contribution in [0.1, 0.15) is 12.5 Å². The van der Waals surface area contributed by atoms with Crippen molar-refractivity contribution in [2.75, 3.05) is 32.9 Å². The van der Waals surface area contributed by atoms with Crippen molar-refractivity contribution < 1.29 is 28.6 Å². The van der Waals surface area contributed by atoms with Crippen LogP contribution >= 0.6 is 0 Å². The molecule has 7 nitrogen and oxygen atoms in total. The number of phenolic OH excluding ortho intramolecular Hbond substituents is 1. The summed E-state index contributed by atoms with van der Waals surface area (Å²) in [7, 11) is 0. The lowest BCUT2D eigenvalue weighted by atomic mass is 10.1. The summed E-state index contributed by atoms with van der Waals surface area (Å²) >= 11 is 0. The average Bonchev–Trinajstić information content (AvgIpc) is 2.74. The molecule has 2 aromatic carbocycles. The maximum Gasteiger partial charge on any atom is 0.235 e. The molecule has 0 aliphatic carbocycles. The molecule has 4 rings (SSSR count). The molecule has 0 spiro atoms. The smallest absolute Gasteiger partial charge is 0.235 e. The van der Waals surface area contributed by atoms with Gasteiger partial charge in [-0.1, -0.05) is 12.1 Å². The third-order valence-corrected chi connectivity index (χ3v) is 4.98. The zero-order chi connectivity index (χ0) is 20.2. The predicted molar refractivity (Wildman–Crippen MR) is 107 cm³/mol. The number of aromatic hydroxyl groups is 1. The van der Waals surface area contributed by atoms with E-state index in [1.165, 1.54) is 17.2 Å². The Balaban J connectivity index is 1.69. The highest BCUT2D eigenvalue weighted by Crippen LogP contribution is 2.32. The van der Waals surface area contributed by atoms with Gasteiger partial charge in [-0.25, -0.2) is 0 Å². The number of fused-ring (bicyclic) bond motifs is 1. The fraction of sp³-hybridized carbons (Fsp3) is 0.318. The zero-order valence-corrected chi connectivity index (χ0v) is 16.3. The van der Waals surface area contributed by atoms with E-state index in [4.69, 9.17) is 18.6 Å². The largest absolute Gasteiger partial charge is 0.507 e. The lowest BCUT2D eigenvalue weighted by molar-refractivity contribution is -0.921. The molecule has 0 radical (unpaired) electrons. The first-order valence-corrected chi connectivity index (χ1v) is 9.74. The molecular formula is C22H24NO6+. The second-order valence-electron chi connectivity index (χ2n) is 6.89. The van der Waals surface area contributed by atoms with Crippen LogP contribution in [0.15, 0.2) is 51.9 Å². The fourth-order valence-corrected chi connectivity index (χ4v) is 3.49. The number of rotatable bonds is 6. The number of phenols is 1. The van der Waals surface area contributed by atoms with Crippen LogP contribution in [-0.4, -0.2) is 38.0 Å². The third kappa shape index (κ3) is 4.06. The van der Waals surface area contributed by atoms with Gasteiger partial charge in [0.15, 0.2) is 17.1 Å². The normalized spacial score (nSPS) is 14.8. The molecule has 0 unspecified atom stereocenters. The molecule has 1 aliphatic rings. The van der Waals surface area contributed by atoms with Crippen molar-refractivity contribution in [3.05, 3.63) is 58.4 Å². The van der Waals surface area contributed by atoms with Gasteiger partial charge in [0.05, 0.1) is 30.8 Å². The second kappa shape index (κ2) is 8.55. The summed E-state index contributed by atoms with van der Waals surface area (Å²) in [6, 6.07) is 10.3. The summed E-state index contributed by atoms with van der Waals surface area (Å²) in [5.74, 6) is 1.18. The Hall–Kier alpha value is -3.03. The summed E-state index contributed by atoms with van der Waals surface area (Å²) in [4.78, 5) is 14.3. The lowest BCUT2D eigenvalue weighted by Crippen LogP contribution is -3.12. The summed E-state index contributed by atoms with van der Waals surface area (Å²) < 4.78 is 22.5. The zero-order valence-electron chi connectivity index (χ0n) is 16.3. The molecule has 7 heteroatoms. The van der Waals surface area contributed by atoms with Crippen molar-refractivity contribution in [2.45, 2.75) is 13.5 Å². The van der Waals surface area contributed by atoms with E-state index in [1.807, 2.05) is 19.1 Å². The summed E-state index contributed by atoms with van der Waals surface area (Å²) in [6.07, 6.45) is 1.30. The fourth-order valence-electron chi connectivity index (χ4n) is 3.49. The molecule has 29 heavy (non-hydrogen) atoms. The van der Waals surface area contributed by atoms with E-state index in [0.29, 0.717) is 54.4 Å². The van der Waals surface area contributed by atoms with Crippen LogP contribution in [0.5, 0.6) is 23.0 Å². The van der Waals surface area contributed by atoms with E-state index in [9.17, 15) is 9.90 Å². The Labute approximate surface area is 168 Å². The Bertz CT molecular complexity index is 1050. The van der Waals surface area contributed by atoms with Gasteiger partial charge in [0.2, 0.25) is 11.2 Å². The minimum Gasteiger partial charge on any atom is -0.507 e. The number of hydrogen-bond acceptors (Lipinski definition) is 6. The maximum atomic E-state index is 13.0. The number of benzene rings is 2. The van der Waals surface area contributed by atoms with Crippen LogP contribution in [0.4, 0.5) is 0 Å². The van der Waals surface area contributed by atoms with Gasteiger partial charge in [-0.2, -0.15) is 0 Å². The highest BCUT2D eigenvalue weighted by Gasteiger charge is 2.21. The van der Waals surface area contributed by atoms with Crippen molar-refractivity contribution >= 4 is 11.0 Å². The molecule has 1 fully saturated rings. The van der Waals surface area contributed by atoms with Gasteiger partial charge in [-0.3, -0.25) is 4.79 Å². The summed E-state index contributed by atoms with van der Waals surface area (Å²) in [5.41, 5.74) is 0.716. The topological polar surface area (TPSA) is 82.6 Å². The number of morpholine rings is 1. The van der Waals surface area contributed by atoms with Crippen molar-refractivity contribution in [1.29, 1.82) is 0 Å². The Morgan fingerprint density at radius 2 is 1.83 bits per heavy atom. The van der Waals surface area contributed by atoms with Gasteiger partial charge in [0.25, 0.3) is 0 Å². The Morgan fingerprint density at radius 1 is 1.07 bits per heavy atom. The van der Waals surface area contributed by atoms with Gasteiger partial charge in [-0.15, -0.1) is 0 Å². The first-order valence-electron chi connectivity index (χ1n) is 9.74. The van der Waals surface area contributed by atoms with E-state index in [-0.39, 0.29) is 16.9 Å². The lowest BCUT2D eigenvalue weighted by Gasteiger charge is -2.24. The van der Waals surface area contributed by atoms with E-state index >= 15 is 0 Å². The number of hydrogen-bond donors (Lipinski definition) is 2. The van der Waals surface area contributed by atoms with Gasteiger partial charge in [-0.05, 0) is 31.2 Å². The molecular weight excluding hydrogens is 374 g/mol. The summed E-state index contributed by atoms with van der Waals surface area (Å²) in [5, 5.41) is 10.7. The Kier molecular flexibility index (Phi) is 5.69. The van der Waals surface area contributed by atoms with Crippen LogP contribution in [-0.2, 0) is 11.3 Å². The van der Waals surface area contributed by atoms with E-state index in [1.54, 1.807) is 18.2 Å². The van der Waals surface area contributed by atoms with Crippen LogP contribution in [0.2, 0.25) is 0 Å². The van der Waals surface area contributed by atoms with Crippen LogP contribution in [0.25, 0.3) is 11.0 Å². The van der Waals surface area contributed by atoms with Gasteiger partial charge < -0.3 is 28.6 Å². The minimum absolute atomic E-state index is 0.0695. The molecule has 0 amide bonds. The molecule has 1 aliphatic heterocycles. The molecule has 0 saturated carbocycles. The monoisotopic (exact) mass is 398 g/mol. The average molecular weight is 398 g/mol. The molecule has 152 valence electrons. The van der Waals surface area contributed by atoms with E-state index in [2.05, 4.69) is 0 Å². The standard InChI is InChI=1S/C22H23NO6/c1-2-27-18-5-3-4-6-19(18)29-20-14-28-22-15(21(20)25)7-8-17(24)16(22)13-23-9-11-26-12-10-23/h3-8,14,24H,2,9-13H2,1H3/p+1. The first-order chi connectivity index (χ1) is 14.2. The van der Waals surface area contributed by atoms with E-state index in [0.717, 1.165) is 13.1 Å². The molecule has 1 saturated heterocycles. The van der Waals surface area contributed by atoms with Crippen molar-refractivity contribution in [2.24, 2.45) is 0 Å². The van der Waals surface area contributed by atoms with Crippen molar-refractivity contribution in [1.82, 2.24) is 0 Å². The molecule has 2 heterocycles. The van der Waals surface area contributed by atoms with Crippen LogP contribution in [0.3, 0.4) is 0 Å². The van der Waals surface area contributed by atoms with Crippen molar-refractivity contribution in [3.8, 4) is 23.0 Å². The SMILES string of the molecule is CCOc1ccccc1Oc1coc2c(C[NH+]3CCOCC3)c(O)ccc2c1=O. The minimum atomic E-state index is -0.296. The van der Waals surface area contributed by atoms with Gasteiger partial charge in [0, 0.05) is 0 Å².